The van der Waals surface area contributed by atoms with Crippen molar-refractivity contribution >= 4 is 28.2 Å². The summed E-state index contributed by atoms with van der Waals surface area (Å²) in [7, 11) is 1.97. The van der Waals surface area contributed by atoms with Crippen LogP contribution in [0.15, 0.2) is 64.0 Å². The molecule has 1 N–H and O–H groups in total. The number of likely N-dealkylation sites (N-methyl/N-ethyl adjacent to an activating group) is 1. The van der Waals surface area contributed by atoms with Gasteiger partial charge in [0, 0.05) is 6.54 Å². The van der Waals surface area contributed by atoms with E-state index < -0.39 is 0 Å². The molecule has 0 radical (unpaired) electrons. The van der Waals surface area contributed by atoms with E-state index in [0.717, 1.165) is 6.54 Å². The average molecular weight is 311 g/mol. The van der Waals surface area contributed by atoms with Crippen LogP contribution in [0.25, 0.3) is 16.7 Å². The number of hydrogen-bond acceptors (Lipinski definition) is 3. The maximum Gasteiger partial charge on any atom is 0.0141 e. The Morgan fingerprint density at radius 2 is 1.67 bits per heavy atom. The summed E-state index contributed by atoms with van der Waals surface area (Å²) >= 11 is 3.47. The third-order valence-electron chi connectivity index (χ3n) is 3.39. The fraction of sp³-hybridized carbons (Fsp3) is 0.111. The maximum absolute atomic E-state index is 3.19. The monoisotopic (exact) mass is 311 g/mol. The highest BCUT2D eigenvalue weighted by Gasteiger charge is 2.06. The van der Waals surface area contributed by atoms with Crippen LogP contribution < -0.4 is 5.32 Å². The number of hydrogen-bond donors (Lipinski definition) is 1. The summed E-state index contributed by atoms with van der Waals surface area (Å²) in [5.74, 6) is 0. The molecule has 0 saturated heterocycles. The lowest BCUT2D eigenvalue weighted by Gasteiger charge is -2.08. The van der Waals surface area contributed by atoms with Crippen LogP contribution in [0.3, 0.4) is 0 Å². The van der Waals surface area contributed by atoms with E-state index >= 15 is 0 Å². The van der Waals surface area contributed by atoms with Crippen molar-refractivity contribution in [2.75, 3.05) is 13.6 Å². The maximum atomic E-state index is 3.19. The third-order valence-corrected chi connectivity index (χ3v) is 4.76. The van der Waals surface area contributed by atoms with E-state index in [-0.39, 0.29) is 0 Å². The molecule has 0 aliphatic rings. The smallest absolute Gasteiger partial charge is 0.0141 e. The van der Waals surface area contributed by atoms with Gasteiger partial charge in [0.1, 0.15) is 0 Å². The van der Waals surface area contributed by atoms with Gasteiger partial charge in [0.2, 0.25) is 0 Å². The molecule has 2 aromatic heterocycles. The van der Waals surface area contributed by atoms with Crippen LogP contribution in [0.5, 0.6) is 0 Å². The van der Waals surface area contributed by atoms with Crippen molar-refractivity contribution < 1.29 is 0 Å². The molecule has 0 aliphatic carbocycles. The topological polar surface area (TPSA) is 12.0 Å². The zero-order chi connectivity index (χ0) is 14.5. The SMILES string of the molecule is CNC/C=C(/c1ccc(-c2ccsc2)cc1)c1ccsc1. The van der Waals surface area contributed by atoms with Crippen LogP contribution in [0.4, 0.5) is 0 Å². The molecular weight excluding hydrogens is 294 g/mol. The lowest BCUT2D eigenvalue weighted by molar-refractivity contribution is 0.920. The predicted octanol–water partition coefficient (Wildman–Crippen LogP) is 5.13. The fourth-order valence-electron chi connectivity index (χ4n) is 2.30. The Labute approximate surface area is 133 Å². The van der Waals surface area contributed by atoms with Crippen molar-refractivity contribution in [3.63, 3.8) is 0 Å². The van der Waals surface area contributed by atoms with Crippen molar-refractivity contribution in [2.45, 2.75) is 0 Å². The van der Waals surface area contributed by atoms with E-state index in [1.165, 1.54) is 27.8 Å². The molecule has 3 heteroatoms. The van der Waals surface area contributed by atoms with Crippen molar-refractivity contribution in [3.05, 3.63) is 75.1 Å². The highest BCUT2D eigenvalue weighted by molar-refractivity contribution is 7.08. The number of nitrogens with one attached hydrogen (secondary N) is 1. The van der Waals surface area contributed by atoms with Crippen LogP contribution in [-0.4, -0.2) is 13.6 Å². The van der Waals surface area contributed by atoms with Crippen LogP contribution in [0, 0.1) is 0 Å². The molecule has 0 spiro atoms. The summed E-state index contributed by atoms with van der Waals surface area (Å²) in [5, 5.41) is 11.8. The molecular formula is C18H17NS2. The van der Waals surface area contributed by atoms with Crippen molar-refractivity contribution in [2.24, 2.45) is 0 Å². The summed E-state index contributed by atoms with van der Waals surface area (Å²) in [4.78, 5) is 0. The van der Waals surface area contributed by atoms with Gasteiger partial charge in [-0.1, -0.05) is 30.3 Å². The van der Waals surface area contributed by atoms with Gasteiger partial charge >= 0.3 is 0 Å². The first-order valence-electron chi connectivity index (χ1n) is 6.89. The van der Waals surface area contributed by atoms with E-state index in [4.69, 9.17) is 0 Å². The van der Waals surface area contributed by atoms with E-state index in [2.05, 4.69) is 69.3 Å². The minimum atomic E-state index is 0.872. The molecule has 0 amide bonds. The van der Waals surface area contributed by atoms with Gasteiger partial charge in [-0.3, -0.25) is 0 Å². The average Bonchev–Trinajstić information content (AvgIpc) is 3.22. The third kappa shape index (κ3) is 3.32. The standard InChI is InChI=1S/C18H17NS2/c1-19-9-6-18(17-8-11-21-13-17)15-4-2-14(3-5-15)16-7-10-20-12-16/h2-8,10-13,19H,9H2,1H3/b18-6-. The van der Waals surface area contributed by atoms with Crippen LogP contribution >= 0.6 is 22.7 Å². The quantitative estimate of drug-likeness (QED) is 0.689. The molecule has 0 fully saturated rings. The first kappa shape index (κ1) is 14.3. The highest BCUT2D eigenvalue weighted by atomic mass is 32.1. The molecule has 3 aromatic rings. The van der Waals surface area contributed by atoms with E-state index in [1.54, 1.807) is 22.7 Å². The molecule has 1 aromatic carbocycles. The minimum Gasteiger partial charge on any atom is -0.316 e. The van der Waals surface area contributed by atoms with E-state index in [9.17, 15) is 0 Å². The van der Waals surface area contributed by atoms with Gasteiger partial charge in [0.15, 0.2) is 0 Å². The van der Waals surface area contributed by atoms with Crippen molar-refractivity contribution in [1.82, 2.24) is 5.32 Å². The van der Waals surface area contributed by atoms with E-state index in [0.29, 0.717) is 0 Å². The summed E-state index contributed by atoms with van der Waals surface area (Å²) in [5.41, 5.74) is 6.42. The van der Waals surface area contributed by atoms with Gasteiger partial charge in [0.05, 0.1) is 0 Å². The summed E-state index contributed by atoms with van der Waals surface area (Å²) in [6, 6.07) is 13.2. The van der Waals surface area contributed by atoms with Gasteiger partial charge in [-0.25, -0.2) is 0 Å². The number of thiophene rings is 2. The normalized spacial score (nSPS) is 11.8. The molecule has 0 bridgehead atoms. The second-order valence-corrected chi connectivity index (χ2v) is 6.34. The number of benzene rings is 1. The molecule has 0 atom stereocenters. The van der Waals surface area contributed by atoms with Crippen LogP contribution in [-0.2, 0) is 0 Å². The van der Waals surface area contributed by atoms with Gasteiger partial charge in [-0.05, 0) is 68.5 Å². The Kier molecular flexibility index (Phi) is 4.65. The first-order valence-corrected chi connectivity index (χ1v) is 8.77. The largest absolute Gasteiger partial charge is 0.316 e. The van der Waals surface area contributed by atoms with Gasteiger partial charge in [-0.2, -0.15) is 22.7 Å². The Bertz CT molecular complexity index is 692. The van der Waals surface area contributed by atoms with Crippen molar-refractivity contribution in [3.8, 4) is 11.1 Å². The van der Waals surface area contributed by atoms with Crippen LogP contribution in [0.1, 0.15) is 11.1 Å². The summed E-state index contributed by atoms with van der Waals surface area (Å²) in [6.07, 6.45) is 2.25. The second kappa shape index (κ2) is 6.85. The Morgan fingerprint density at radius 3 is 2.29 bits per heavy atom. The zero-order valence-electron chi connectivity index (χ0n) is 11.9. The second-order valence-electron chi connectivity index (χ2n) is 4.78. The van der Waals surface area contributed by atoms with Gasteiger partial charge < -0.3 is 5.32 Å². The molecule has 0 saturated carbocycles. The molecule has 106 valence electrons. The molecule has 0 aliphatic heterocycles. The van der Waals surface area contributed by atoms with Crippen LogP contribution in [0.2, 0.25) is 0 Å². The number of rotatable bonds is 5. The Hall–Kier alpha value is -1.68. The molecule has 3 rings (SSSR count). The molecule has 21 heavy (non-hydrogen) atoms. The van der Waals surface area contributed by atoms with Gasteiger partial charge in [-0.15, -0.1) is 0 Å². The summed E-state index contributed by atoms with van der Waals surface area (Å²) < 4.78 is 0. The molecule has 2 heterocycles. The molecule has 0 unspecified atom stereocenters. The van der Waals surface area contributed by atoms with Gasteiger partial charge in [0.25, 0.3) is 0 Å². The fourth-order valence-corrected chi connectivity index (χ4v) is 3.62. The molecule has 1 nitrogen and oxygen atoms in total. The lowest BCUT2D eigenvalue weighted by Crippen LogP contribution is -2.05. The predicted molar refractivity (Wildman–Crippen MR) is 95.1 cm³/mol. The first-order chi connectivity index (χ1) is 10.4. The Balaban J connectivity index is 1.93. The summed E-state index contributed by atoms with van der Waals surface area (Å²) in [6.45, 7) is 0.872. The van der Waals surface area contributed by atoms with Crippen molar-refractivity contribution in [1.29, 1.82) is 0 Å². The highest BCUT2D eigenvalue weighted by Crippen LogP contribution is 2.28. The lowest BCUT2D eigenvalue weighted by atomic mass is 9.97. The zero-order valence-corrected chi connectivity index (χ0v) is 13.5. The van der Waals surface area contributed by atoms with E-state index in [1.807, 2.05) is 7.05 Å². The minimum absolute atomic E-state index is 0.872. The Morgan fingerprint density at radius 1 is 0.905 bits per heavy atom.